The molecule has 0 aromatic heterocycles. The maximum Gasteiger partial charge on any atom is -0.0241 e. The molecule has 2 aliphatic rings. The molecule has 0 atom stereocenters. The standard InChI is InChI=1S/C22H42/c1-4-5-8-14-21(15-9-6-10-16-21)22(19-13-20(2)3)17-11-7-12-18-22/h20H,4-19H2,1-3H3. The molecule has 2 aliphatic carbocycles. The zero-order chi connectivity index (χ0) is 15.9. The Balaban J connectivity index is 2.17. The summed E-state index contributed by atoms with van der Waals surface area (Å²) in [6.45, 7) is 7.23. The Morgan fingerprint density at radius 2 is 1.18 bits per heavy atom. The van der Waals surface area contributed by atoms with Crippen molar-refractivity contribution in [2.75, 3.05) is 0 Å². The van der Waals surface area contributed by atoms with Crippen molar-refractivity contribution >= 4 is 0 Å². The third-order valence-electron chi connectivity index (χ3n) is 7.21. The summed E-state index contributed by atoms with van der Waals surface area (Å²) in [7, 11) is 0. The predicted octanol–water partition coefficient (Wildman–Crippen LogP) is 7.90. The van der Waals surface area contributed by atoms with Gasteiger partial charge in [0.05, 0.1) is 0 Å². The van der Waals surface area contributed by atoms with Crippen LogP contribution in [0.2, 0.25) is 0 Å². The van der Waals surface area contributed by atoms with Gasteiger partial charge in [0.15, 0.2) is 0 Å². The second-order valence-corrected chi connectivity index (χ2v) is 9.07. The van der Waals surface area contributed by atoms with Crippen LogP contribution in [-0.4, -0.2) is 0 Å². The van der Waals surface area contributed by atoms with Crippen LogP contribution in [0.1, 0.15) is 124 Å². The van der Waals surface area contributed by atoms with Gasteiger partial charge < -0.3 is 0 Å². The van der Waals surface area contributed by atoms with E-state index in [0.717, 1.165) is 16.7 Å². The summed E-state index contributed by atoms with van der Waals surface area (Å²) in [5, 5.41) is 0. The first-order valence-electron chi connectivity index (χ1n) is 10.6. The molecule has 0 aromatic rings. The summed E-state index contributed by atoms with van der Waals surface area (Å²) in [6, 6.07) is 0. The average molecular weight is 307 g/mol. The van der Waals surface area contributed by atoms with Crippen LogP contribution in [0.15, 0.2) is 0 Å². The Kier molecular flexibility index (Phi) is 7.29. The van der Waals surface area contributed by atoms with Crippen LogP contribution in [0.3, 0.4) is 0 Å². The summed E-state index contributed by atoms with van der Waals surface area (Å²) in [5.74, 6) is 0.884. The fourth-order valence-corrected chi connectivity index (χ4v) is 5.83. The van der Waals surface area contributed by atoms with Crippen molar-refractivity contribution in [2.45, 2.75) is 124 Å². The van der Waals surface area contributed by atoms with Crippen molar-refractivity contribution in [1.29, 1.82) is 0 Å². The van der Waals surface area contributed by atoms with Crippen LogP contribution in [0.5, 0.6) is 0 Å². The van der Waals surface area contributed by atoms with Crippen molar-refractivity contribution in [3.63, 3.8) is 0 Å². The summed E-state index contributed by atoms with van der Waals surface area (Å²) in [5.41, 5.74) is 1.46. The highest BCUT2D eigenvalue weighted by Crippen LogP contribution is 2.61. The van der Waals surface area contributed by atoms with Crippen molar-refractivity contribution < 1.29 is 0 Å². The molecule has 0 amide bonds. The fraction of sp³-hybridized carbons (Fsp3) is 1.00. The summed E-state index contributed by atoms with van der Waals surface area (Å²) < 4.78 is 0. The molecular formula is C22H42. The van der Waals surface area contributed by atoms with Gasteiger partial charge in [0.25, 0.3) is 0 Å². The zero-order valence-corrected chi connectivity index (χ0v) is 15.9. The van der Waals surface area contributed by atoms with E-state index in [1.807, 2.05) is 0 Å². The van der Waals surface area contributed by atoms with Gasteiger partial charge in [-0.2, -0.15) is 0 Å². The van der Waals surface area contributed by atoms with Gasteiger partial charge in [-0.05, 0) is 55.3 Å². The van der Waals surface area contributed by atoms with E-state index in [1.165, 1.54) is 70.6 Å². The Hall–Kier alpha value is 0. The monoisotopic (exact) mass is 306 g/mol. The summed E-state index contributed by atoms with van der Waals surface area (Å²) >= 11 is 0. The minimum atomic E-state index is 0.726. The third kappa shape index (κ3) is 4.30. The van der Waals surface area contributed by atoms with Crippen molar-refractivity contribution in [3.05, 3.63) is 0 Å². The molecule has 0 aliphatic heterocycles. The molecule has 0 spiro atoms. The smallest absolute Gasteiger partial charge is 0.0241 e. The lowest BCUT2D eigenvalue weighted by atomic mass is 9.49. The topological polar surface area (TPSA) is 0 Å². The van der Waals surface area contributed by atoms with Gasteiger partial charge in [0.2, 0.25) is 0 Å². The van der Waals surface area contributed by atoms with Crippen molar-refractivity contribution in [2.24, 2.45) is 16.7 Å². The number of unbranched alkanes of at least 4 members (excludes halogenated alkanes) is 2. The average Bonchev–Trinajstić information content (AvgIpc) is 2.55. The summed E-state index contributed by atoms with van der Waals surface area (Å²) in [4.78, 5) is 0. The third-order valence-corrected chi connectivity index (χ3v) is 7.21. The maximum absolute atomic E-state index is 2.43. The van der Waals surface area contributed by atoms with Crippen molar-refractivity contribution in [1.82, 2.24) is 0 Å². The highest BCUT2D eigenvalue weighted by molar-refractivity contribution is 5.00. The Labute approximate surface area is 140 Å². The lowest BCUT2D eigenvalue weighted by molar-refractivity contribution is -0.0530. The van der Waals surface area contributed by atoms with Gasteiger partial charge in [-0.15, -0.1) is 0 Å². The lowest BCUT2D eigenvalue weighted by Gasteiger charge is -2.56. The van der Waals surface area contributed by atoms with E-state index in [9.17, 15) is 0 Å². The SMILES string of the molecule is CCCCCC1(C2(CCC(C)C)CCCCC2)CCCCC1. The van der Waals surface area contributed by atoms with E-state index in [-0.39, 0.29) is 0 Å². The Morgan fingerprint density at radius 1 is 0.682 bits per heavy atom. The highest BCUT2D eigenvalue weighted by Gasteiger charge is 2.50. The Bertz CT molecular complexity index is 289. The molecular weight excluding hydrogens is 264 g/mol. The number of rotatable bonds is 8. The largest absolute Gasteiger partial charge is 0.0654 e. The molecule has 0 heterocycles. The maximum atomic E-state index is 2.43. The molecule has 2 saturated carbocycles. The molecule has 22 heavy (non-hydrogen) atoms. The van der Waals surface area contributed by atoms with Gasteiger partial charge in [-0.3, -0.25) is 0 Å². The van der Waals surface area contributed by atoms with E-state index < -0.39 is 0 Å². The van der Waals surface area contributed by atoms with Crippen molar-refractivity contribution in [3.8, 4) is 0 Å². The first-order chi connectivity index (χ1) is 10.6. The second kappa shape index (κ2) is 8.74. The van der Waals surface area contributed by atoms with Gasteiger partial charge >= 0.3 is 0 Å². The highest BCUT2D eigenvalue weighted by atomic mass is 14.5. The fourth-order valence-electron chi connectivity index (χ4n) is 5.83. The minimum absolute atomic E-state index is 0.726. The predicted molar refractivity (Wildman–Crippen MR) is 99.3 cm³/mol. The lowest BCUT2D eigenvalue weighted by Crippen LogP contribution is -2.45. The molecule has 0 bridgehead atoms. The van der Waals surface area contributed by atoms with Gasteiger partial charge in [0, 0.05) is 0 Å². The van der Waals surface area contributed by atoms with Crippen LogP contribution in [0.25, 0.3) is 0 Å². The molecule has 0 heteroatoms. The molecule has 0 nitrogen and oxygen atoms in total. The molecule has 0 aromatic carbocycles. The van der Waals surface area contributed by atoms with Crippen LogP contribution in [0.4, 0.5) is 0 Å². The van der Waals surface area contributed by atoms with E-state index in [1.54, 1.807) is 32.1 Å². The molecule has 2 fully saturated rings. The molecule has 0 radical (unpaired) electrons. The van der Waals surface area contributed by atoms with Gasteiger partial charge in [-0.1, -0.05) is 85.0 Å². The molecule has 2 rings (SSSR count). The first-order valence-corrected chi connectivity index (χ1v) is 10.6. The van der Waals surface area contributed by atoms with Crippen LogP contribution in [0, 0.1) is 16.7 Å². The molecule has 0 saturated heterocycles. The summed E-state index contributed by atoms with van der Waals surface area (Å²) in [6.07, 6.45) is 24.3. The number of hydrogen-bond donors (Lipinski definition) is 0. The normalized spacial score (nSPS) is 24.5. The minimum Gasteiger partial charge on any atom is -0.0654 e. The zero-order valence-electron chi connectivity index (χ0n) is 15.9. The van der Waals surface area contributed by atoms with Crippen LogP contribution < -0.4 is 0 Å². The van der Waals surface area contributed by atoms with Crippen LogP contribution >= 0.6 is 0 Å². The quantitative estimate of drug-likeness (QED) is 0.400. The molecule has 130 valence electrons. The molecule has 0 unspecified atom stereocenters. The second-order valence-electron chi connectivity index (χ2n) is 9.07. The van der Waals surface area contributed by atoms with Gasteiger partial charge in [0.1, 0.15) is 0 Å². The molecule has 0 N–H and O–H groups in total. The van der Waals surface area contributed by atoms with Gasteiger partial charge in [-0.25, -0.2) is 0 Å². The Morgan fingerprint density at radius 3 is 1.64 bits per heavy atom. The van der Waals surface area contributed by atoms with E-state index in [4.69, 9.17) is 0 Å². The van der Waals surface area contributed by atoms with E-state index >= 15 is 0 Å². The van der Waals surface area contributed by atoms with Crippen LogP contribution in [-0.2, 0) is 0 Å². The first kappa shape index (κ1) is 18.3. The van der Waals surface area contributed by atoms with E-state index in [0.29, 0.717) is 0 Å². The van der Waals surface area contributed by atoms with E-state index in [2.05, 4.69) is 20.8 Å². The number of hydrogen-bond acceptors (Lipinski definition) is 0.